The number of esters is 1. The predicted molar refractivity (Wildman–Crippen MR) is 108 cm³/mol. The van der Waals surface area contributed by atoms with Gasteiger partial charge in [-0.05, 0) is 44.4 Å². The van der Waals surface area contributed by atoms with E-state index in [2.05, 4.69) is 49.7 Å². The van der Waals surface area contributed by atoms with Gasteiger partial charge in [0.2, 0.25) is 0 Å². The number of rotatable bonds is 7. The first-order valence-corrected chi connectivity index (χ1v) is 10.6. The molecule has 1 aromatic heterocycles. The fraction of sp³-hybridized carbons (Fsp3) is 0.727. The molecule has 0 N–H and O–H groups in total. The number of cyclic esters (lactones) is 1. The van der Waals surface area contributed by atoms with Gasteiger partial charge >= 0.3 is 5.97 Å². The maximum Gasteiger partial charge on any atom is 0.306 e. The number of allylic oxidation sites excluding steroid dienone is 1. The number of hydrogen-bond donors (Lipinski definition) is 0. The third kappa shape index (κ3) is 8.27. The van der Waals surface area contributed by atoms with Gasteiger partial charge in [0.25, 0.3) is 0 Å². The van der Waals surface area contributed by atoms with Crippen LogP contribution in [-0.4, -0.2) is 27.1 Å². The zero-order valence-corrected chi connectivity index (χ0v) is 17.3. The third-order valence-corrected chi connectivity index (χ3v) is 5.21. The molecule has 1 aromatic rings. The van der Waals surface area contributed by atoms with Crippen LogP contribution in [0.1, 0.15) is 77.8 Å². The van der Waals surface area contributed by atoms with Gasteiger partial charge in [0, 0.05) is 31.5 Å². The van der Waals surface area contributed by atoms with Crippen molar-refractivity contribution in [1.82, 2.24) is 15.0 Å². The molecule has 2 heterocycles. The highest BCUT2D eigenvalue weighted by atomic mass is 16.5. The van der Waals surface area contributed by atoms with Crippen LogP contribution in [0, 0.1) is 18.3 Å². The minimum absolute atomic E-state index is 0.0827. The number of carbonyl (C=O) groups excluding carboxylic acids is 1. The van der Waals surface area contributed by atoms with Crippen molar-refractivity contribution in [2.45, 2.75) is 91.2 Å². The van der Waals surface area contributed by atoms with Crippen molar-refractivity contribution in [3.8, 4) is 0 Å². The van der Waals surface area contributed by atoms with Crippen LogP contribution in [0.4, 0.5) is 0 Å². The van der Waals surface area contributed by atoms with Crippen molar-refractivity contribution < 1.29 is 9.53 Å². The van der Waals surface area contributed by atoms with Crippen molar-refractivity contribution >= 4 is 5.97 Å². The molecule has 0 bridgehead atoms. The Morgan fingerprint density at radius 2 is 2.11 bits per heavy atom. The molecule has 0 saturated carbocycles. The van der Waals surface area contributed by atoms with Crippen LogP contribution in [0.3, 0.4) is 0 Å². The Morgan fingerprint density at radius 3 is 2.93 bits per heavy atom. The first-order valence-electron chi connectivity index (χ1n) is 10.6. The van der Waals surface area contributed by atoms with Crippen molar-refractivity contribution in [2.24, 2.45) is 11.8 Å². The van der Waals surface area contributed by atoms with Crippen molar-refractivity contribution in [2.75, 3.05) is 0 Å². The SMILES string of the molecule is CCCCCc1cn(C[C@H](C)[C@H]2C/C=C/C[C@@H](C)[CH]CCCC(=O)O2)nn1. The van der Waals surface area contributed by atoms with E-state index in [-0.39, 0.29) is 18.0 Å². The van der Waals surface area contributed by atoms with Gasteiger partial charge in [-0.1, -0.05) is 51.0 Å². The Labute approximate surface area is 164 Å². The average Bonchev–Trinajstić information content (AvgIpc) is 3.07. The number of carbonyl (C=O) groups is 1. The number of ether oxygens (including phenoxy) is 1. The standard InChI is InChI=1S/C22H36N3O2/c1-4-5-6-13-20-17-25(24-23-20)16-19(3)21-14-9-7-11-18(2)12-8-10-15-22(26)27-21/h7,9,12,17-19,21H,4-6,8,10-11,13-16H2,1-3H3/b9-7+/t18-,19+,21-/m1/s1. The number of unbranched alkanes of at least 4 members (excludes halogenated alkanes) is 2. The molecule has 1 aliphatic heterocycles. The zero-order chi connectivity index (χ0) is 19.5. The molecular weight excluding hydrogens is 338 g/mol. The summed E-state index contributed by atoms with van der Waals surface area (Å²) in [6.07, 6.45) is 17.4. The minimum Gasteiger partial charge on any atom is -0.462 e. The number of aryl methyl sites for hydroxylation is 1. The van der Waals surface area contributed by atoms with Crippen LogP contribution in [0.2, 0.25) is 0 Å². The van der Waals surface area contributed by atoms with E-state index >= 15 is 0 Å². The van der Waals surface area contributed by atoms with Crippen molar-refractivity contribution in [1.29, 1.82) is 0 Å². The Bertz CT molecular complexity index is 582. The van der Waals surface area contributed by atoms with E-state index in [4.69, 9.17) is 4.74 Å². The minimum atomic E-state index is -0.111. The molecule has 1 aliphatic rings. The molecule has 5 heteroatoms. The van der Waals surface area contributed by atoms with Crippen LogP contribution in [0.25, 0.3) is 0 Å². The van der Waals surface area contributed by atoms with Crippen molar-refractivity contribution in [3.05, 3.63) is 30.5 Å². The van der Waals surface area contributed by atoms with E-state index in [9.17, 15) is 4.79 Å². The predicted octanol–water partition coefficient (Wildman–Crippen LogP) is 4.92. The summed E-state index contributed by atoms with van der Waals surface area (Å²) in [6, 6.07) is 0. The monoisotopic (exact) mass is 374 g/mol. The average molecular weight is 375 g/mol. The van der Waals surface area contributed by atoms with Crippen LogP contribution >= 0.6 is 0 Å². The second-order valence-electron chi connectivity index (χ2n) is 7.94. The van der Waals surface area contributed by atoms with E-state index in [1.165, 1.54) is 12.8 Å². The summed E-state index contributed by atoms with van der Waals surface area (Å²) in [7, 11) is 0. The quantitative estimate of drug-likeness (QED) is 0.386. The summed E-state index contributed by atoms with van der Waals surface area (Å²) in [5.41, 5.74) is 1.05. The summed E-state index contributed by atoms with van der Waals surface area (Å²) >= 11 is 0. The van der Waals surface area contributed by atoms with E-state index in [0.717, 1.165) is 50.8 Å². The van der Waals surface area contributed by atoms with Gasteiger partial charge in [0.1, 0.15) is 6.10 Å². The van der Waals surface area contributed by atoms with Crippen LogP contribution in [0.15, 0.2) is 18.3 Å². The summed E-state index contributed by atoms with van der Waals surface area (Å²) < 4.78 is 7.70. The molecule has 1 radical (unpaired) electrons. The maximum absolute atomic E-state index is 12.2. The van der Waals surface area contributed by atoms with E-state index in [1.54, 1.807) is 0 Å². The van der Waals surface area contributed by atoms with Gasteiger partial charge in [-0.15, -0.1) is 5.10 Å². The molecule has 0 unspecified atom stereocenters. The highest BCUT2D eigenvalue weighted by Crippen LogP contribution is 2.19. The highest BCUT2D eigenvalue weighted by molar-refractivity contribution is 5.69. The summed E-state index contributed by atoms with van der Waals surface area (Å²) in [4.78, 5) is 12.2. The molecule has 0 spiro atoms. The molecule has 0 aromatic carbocycles. The molecule has 27 heavy (non-hydrogen) atoms. The first-order chi connectivity index (χ1) is 13.1. The Balaban J connectivity index is 1.93. The van der Waals surface area contributed by atoms with Gasteiger partial charge < -0.3 is 4.74 Å². The molecule has 5 nitrogen and oxygen atoms in total. The second-order valence-corrected chi connectivity index (χ2v) is 7.94. The third-order valence-electron chi connectivity index (χ3n) is 5.21. The summed E-state index contributed by atoms with van der Waals surface area (Å²) in [5.74, 6) is 0.672. The van der Waals surface area contributed by atoms with Gasteiger partial charge in [0.05, 0.1) is 5.69 Å². The van der Waals surface area contributed by atoms with E-state index in [1.807, 2.05) is 10.9 Å². The number of aromatic nitrogens is 3. The lowest BCUT2D eigenvalue weighted by Crippen LogP contribution is -2.28. The summed E-state index contributed by atoms with van der Waals surface area (Å²) in [6.45, 7) is 7.29. The van der Waals surface area contributed by atoms with Gasteiger partial charge in [-0.2, -0.15) is 0 Å². The highest BCUT2D eigenvalue weighted by Gasteiger charge is 2.22. The van der Waals surface area contributed by atoms with Crippen LogP contribution in [0.5, 0.6) is 0 Å². The molecule has 0 fully saturated rings. The topological polar surface area (TPSA) is 57.0 Å². The fourth-order valence-corrected chi connectivity index (χ4v) is 3.42. The van der Waals surface area contributed by atoms with E-state index < -0.39 is 0 Å². The van der Waals surface area contributed by atoms with Gasteiger partial charge in [-0.3, -0.25) is 9.48 Å². The zero-order valence-electron chi connectivity index (χ0n) is 17.3. The van der Waals surface area contributed by atoms with Gasteiger partial charge in [0.15, 0.2) is 0 Å². The largest absolute Gasteiger partial charge is 0.462 e. The number of hydrogen-bond acceptors (Lipinski definition) is 4. The van der Waals surface area contributed by atoms with E-state index in [0.29, 0.717) is 12.3 Å². The first kappa shape index (κ1) is 21.6. The van der Waals surface area contributed by atoms with Gasteiger partial charge in [-0.25, -0.2) is 0 Å². The van der Waals surface area contributed by atoms with Crippen molar-refractivity contribution in [3.63, 3.8) is 0 Å². The second kappa shape index (κ2) is 11.9. The fourth-order valence-electron chi connectivity index (χ4n) is 3.42. The molecule has 151 valence electrons. The lowest BCUT2D eigenvalue weighted by atomic mass is 9.97. The summed E-state index contributed by atoms with van der Waals surface area (Å²) in [5, 5.41) is 8.55. The Morgan fingerprint density at radius 1 is 1.30 bits per heavy atom. The maximum atomic E-state index is 12.2. The Hall–Kier alpha value is -1.65. The molecule has 0 aliphatic carbocycles. The molecule has 3 atom stereocenters. The Kier molecular flexibility index (Phi) is 9.57. The number of nitrogens with zero attached hydrogens (tertiary/aromatic N) is 3. The smallest absolute Gasteiger partial charge is 0.306 e. The lowest BCUT2D eigenvalue weighted by Gasteiger charge is -2.23. The molecular formula is C22H36N3O2. The molecule has 0 saturated heterocycles. The van der Waals surface area contributed by atoms with Crippen LogP contribution < -0.4 is 0 Å². The molecule has 2 rings (SSSR count). The molecule has 0 amide bonds. The normalized spacial score (nSPS) is 24.5. The lowest BCUT2D eigenvalue weighted by molar-refractivity contribution is -0.151. The van der Waals surface area contributed by atoms with Crippen LogP contribution in [-0.2, 0) is 22.5 Å².